The highest BCUT2D eigenvalue weighted by Gasteiger charge is 2.27. The van der Waals surface area contributed by atoms with E-state index in [0.717, 1.165) is 56.9 Å². The molecule has 2 heterocycles. The van der Waals surface area contributed by atoms with Crippen LogP contribution in [0.5, 0.6) is 0 Å². The standard InChI is InChI=1S/C22H34N4O2/c1-2-19-9-5-6-10-20(19)23-21(27)17-25-13-15-26(16-14-25)22(28)18-24-11-7-3-4-8-12-24/h5-6,9-10H,2-4,7-8,11-18H2,1H3,(H,23,27)/p+2. The second-order valence-corrected chi connectivity index (χ2v) is 8.21. The lowest BCUT2D eigenvalue weighted by molar-refractivity contribution is -0.897. The molecule has 0 spiro atoms. The first-order valence-corrected chi connectivity index (χ1v) is 11.0. The highest BCUT2D eigenvalue weighted by molar-refractivity contribution is 5.92. The van der Waals surface area contributed by atoms with E-state index in [4.69, 9.17) is 0 Å². The Bertz CT molecular complexity index is 648. The van der Waals surface area contributed by atoms with Crippen LogP contribution in [0.3, 0.4) is 0 Å². The molecule has 2 saturated heterocycles. The molecule has 154 valence electrons. The van der Waals surface area contributed by atoms with Gasteiger partial charge in [-0.25, -0.2) is 0 Å². The van der Waals surface area contributed by atoms with Gasteiger partial charge in [0.05, 0.1) is 39.3 Å². The fourth-order valence-corrected chi connectivity index (χ4v) is 4.35. The Labute approximate surface area is 168 Å². The number of nitrogens with one attached hydrogen (secondary N) is 3. The van der Waals surface area contributed by atoms with Crippen LogP contribution in [-0.2, 0) is 16.0 Å². The molecule has 2 aliphatic heterocycles. The van der Waals surface area contributed by atoms with Gasteiger partial charge in [-0.2, -0.15) is 0 Å². The summed E-state index contributed by atoms with van der Waals surface area (Å²) in [7, 11) is 0. The van der Waals surface area contributed by atoms with Gasteiger partial charge in [0, 0.05) is 5.69 Å². The molecule has 0 unspecified atom stereocenters. The summed E-state index contributed by atoms with van der Waals surface area (Å²) in [5.74, 6) is 0.349. The van der Waals surface area contributed by atoms with E-state index in [-0.39, 0.29) is 11.8 Å². The third kappa shape index (κ3) is 6.04. The normalized spacial score (nSPS) is 19.2. The second-order valence-electron chi connectivity index (χ2n) is 8.21. The number of anilines is 1. The maximum Gasteiger partial charge on any atom is 0.279 e. The molecule has 0 saturated carbocycles. The second kappa shape index (κ2) is 10.6. The third-order valence-corrected chi connectivity index (χ3v) is 6.12. The largest absolute Gasteiger partial charge is 0.327 e. The zero-order valence-corrected chi connectivity index (χ0v) is 17.3. The van der Waals surface area contributed by atoms with Crippen LogP contribution in [0.15, 0.2) is 24.3 Å². The predicted octanol–water partition coefficient (Wildman–Crippen LogP) is -0.626. The van der Waals surface area contributed by atoms with Gasteiger partial charge < -0.3 is 20.0 Å². The van der Waals surface area contributed by atoms with Gasteiger partial charge in [0.25, 0.3) is 11.8 Å². The molecule has 6 heteroatoms. The van der Waals surface area contributed by atoms with E-state index < -0.39 is 0 Å². The molecule has 0 bridgehead atoms. The number of hydrogen-bond donors (Lipinski definition) is 3. The Kier molecular flexibility index (Phi) is 7.86. The Morgan fingerprint density at radius 3 is 2.25 bits per heavy atom. The van der Waals surface area contributed by atoms with Gasteiger partial charge in [-0.1, -0.05) is 25.1 Å². The van der Waals surface area contributed by atoms with Crippen molar-refractivity contribution < 1.29 is 19.4 Å². The molecule has 1 aromatic carbocycles. The number of piperazine rings is 1. The van der Waals surface area contributed by atoms with Crippen LogP contribution in [0, 0.1) is 0 Å². The van der Waals surface area contributed by atoms with Gasteiger partial charge in [0.2, 0.25) is 0 Å². The average molecular weight is 389 g/mol. The molecule has 0 aromatic heterocycles. The van der Waals surface area contributed by atoms with Crippen LogP contribution < -0.4 is 15.1 Å². The van der Waals surface area contributed by atoms with E-state index in [1.807, 2.05) is 23.1 Å². The zero-order chi connectivity index (χ0) is 19.8. The van der Waals surface area contributed by atoms with Gasteiger partial charge in [0.15, 0.2) is 13.1 Å². The van der Waals surface area contributed by atoms with Crippen LogP contribution in [0.1, 0.15) is 38.2 Å². The summed E-state index contributed by atoms with van der Waals surface area (Å²) in [5, 5.41) is 3.06. The van der Waals surface area contributed by atoms with E-state index in [2.05, 4.69) is 18.3 Å². The minimum absolute atomic E-state index is 0.0599. The number of aryl methyl sites for hydroxylation is 1. The summed E-state index contributed by atoms with van der Waals surface area (Å²) >= 11 is 0. The van der Waals surface area contributed by atoms with Crippen molar-refractivity contribution in [3.8, 4) is 0 Å². The average Bonchev–Trinajstić information content (AvgIpc) is 2.97. The van der Waals surface area contributed by atoms with E-state index in [0.29, 0.717) is 13.1 Å². The number of quaternary nitrogens is 2. The number of benzene rings is 1. The number of carbonyl (C=O) groups excluding carboxylic acids is 2. The van der Waals surface area contributed by atoms with Crippen LogP contribution in [0.4, 0.5) is 5.69 Å². The van der Waals surface area contributed by atoms with Gasteiger partial charge in [-0.3, -0.25) is 9.59 Å². The molecule has 3 N–H and O–H groups in total. The molecule has 2 fully saturated rings. The Morgan fingerprint density at radius 1 is 0.929 bits per heavy atom. The van der Waals surface area contributed by atoms with Crippen LogP contribution in [-0.4, -0.2) is 69.1 Å². The number of carbonyl (C=O) groups is 2. The summed E-state index contributed by atoms with van der Waals surface area (Å²) in [6.07, 6.45) is 6.02. The summed E-state index contributed by atoms with van der Waals surface area (Å²) in [6, 6.07) is 7.98. The van der Waals surface area contributed by atoms with Crippen LogP contribution >= 0.6 is 0 Å². The number of likely N-dealkylation sites (tertiary alicyclic amines) is 1. The Morgan fingerprint density at radius 2 is 1.57 bits per heavy atom. The Balaban J connectivity index is 1.41. The lowest BCUT2D eigenvalue weighted by Crippen LogP contribution is -3.16. The first-order chi connectivity index (χ1) is 13.7. The van der Waals surface area contributed by atoms with Crippen molar-refractivity contribution in [3.63, 3.8) is 0 Å². The third-order valence-electron chi connectivity index (χ3n) is 6.12. The number of nitrogens with zero attached hydrogens (tertiary/aromatic N) is 1. The topological polar surface area (TPSA) is 58.3 Å². The van der Waals surface area contributed by atoms with Crippen LogP contribution in [0.2, 0.25) is 0 Å². The summed E-state index contributed by atoms with van der Waals surface area (Å²) in [6.45, 7) is 8.71. The zero-order valence-electron chi connectivity index (χ0n) is 17.3. The summed E-state index contributed by atoms with van der Waals surface area (Å²) in [4.78, 5) is 29.8. The van der Waals surface area contributed by atoms with Crippen molar-refractivity contribution in [2.24, 2.45) is 0 Å². The fraction of sp³-hybridized carbons (Fsp3) is 0.636. The molecular weight excluding hydrogens is 352 g/mol. The lowest BCUT2D eigenvalue weighted by Gasteiger charge is -2.32. The van der Waals surface area contributed by atoms with Crippen LogP contribution in [0.25, 0.3) is 0 Å². The molecule has 2 amide bonds. The SMILES string of the molecule is CCc1ccccc1NC(=O)C[NH+]1CCN(C(=O)C[NH+]2CCCCCC2)CC1. The van der Waals surface area contributed by atoms with Gasteiger partial charge in [-0.05, 0) is 43.7 Å². The van der Waals surface area contributed by atoms with E-state index in [9.17, 15) is 9.59 Å². The summed E-state index contributed by atoms with van der Waals surface area (Å²) < 4.78 is 0. The smallest absolute Gasteiger partial charge is 0.279 e. The van der Waals surface area contributed by atoms with Crippen molar-refractivity contribution in [1.29, 1.82) is 0 Å². The quantitative estimate of drug-likeness (QED) is 0.608. The summed E-state index contributed by atoms with van der Waals surface area (Å²) in [5.41, 5.74) is 2.08. The molecule has 1 aromatic rings. The predicted molar refractivity (Wildman–Crippen MR) is 111 cm³/mol. The van der Waals surface area contributed by atoms with Crippen molar-refractivity contribution in [2.45, 2.75) is 39.0 Å². The van der Waals surface area contributed by atoms with Crippen molar-refractivity contribution in [1.82, 2.24) is 4.90 Å². The highest BCUT2D eigenvalue weighted by Crippen LogP contribution is 2.14. The lowest BCUT2D eigenvalue weighted by atomic mass is 10.1. The molecule has 0 aliphatic carbocycles. The van der Waals surface area contributed by atoms with Gasteiger partial charge in [0.1, 0.15) is 0 Å². The first-order valence-electron chi connectivity index (χ1n) is 11.0. The van der Waals surface area contributed by atoms with Crippen molar-refractivity contribution in [3.05, 3.63) is 29.8 Å². The number of hydrogen-bond acceptors (Lipinski definition) is 2. The molecule has 3 rings (SSSR count). The Hall–Kier alpha value is -1.92. The van der Waals surface area contributed by atoms with E-state index in [1.54, 1.807) is 0 Å². The number of amides is 2. The number of rotatable bonds is 6. The molecule has 28 heavy (non-hydrogen) atoms. The van der Waals surface area contributed by atoms with Crippen molar-refractivity contribution in [2.75, 3.05) is 57.7 Å². The monoisotopic (exact) mass is 388 g/mol. The fourth-order valence-electron chi connectivity index (χ4n) is 4.35. The van der Waals surface area contributed by atoms with E-state index in [1.165, 1.54) is 35.5 Å². The molecule has 2 aliphatic rings. The van der Waals surface area contributed by atoms with E-state index >= 15 is 0 Å². The number of para-hydroxylation sites is 1. The first kappa shape index (κ1) is 20.8. The van der Waals surface area contributed by atoms with Crippen molar-refractivity contribution >= 4 is 17.5 Å². The minimum atomic E-state index is 0.0599. The molecular formula is C22H36N4O2+2. The molecule has 0 atom stereocenters. The van der Waals surface area contributed by atoms with Gasteiger partial charge >= 0.3 is 0 Å². The molecule has 6 nitrogen and oxygen atoms in total. The molecule has 0 radical (unpaired) electrons. The maximum atomic E-state index is 12.6. The maximum absolute atomic E-state index is 12.6. The highest BCUT2D eigenvalue weighted by atomic mass is 16.2. The van der Waals surface area contributed by atoms with Gasteiger partial charge in [-0.15, -0.1) is 0 Å². The minimum Gasteiger partial charge on any atom is -0.327 e.